The average molecular weight is 319 g/mol. The normalized spacial score (nSPS) is 27.3. The van der Waals surface area contributed by atoms with E-state index in [4.69, 9.17) is 5.73 Å². The van der Waals surface area contributed by atoms with Crippen molar-refractivity contribution in [2.75, 3.05) is 0 Å². The van der Waals surface area contributed by atoms with Crippen LogP contribution in [0.25, 0.3) is 0 Å². The second kappa shape index (κ2) is 5.72. The van der Waals surface area contributed by atoms with E-state index >= 15 is 0 Å². The van der Waals surface area contributed by atoms with Crippen molar-refractivity contribution >= 4 is 10.8 Å². The Balaban J connectivity index is 2.28. The Hall–Kier alpha value is -0.880. The number of hydrogen-bond donors (Lipinski definition) is 1. The predicted octanol–water partition coefficient (Wildman–Crippen LogP) is 3.72. The molecule has 1 aliphatic carbocycles. The van der Waals surface area contributed by atoms with Gasteiger partial charge in [0, 0.05) is 10.9 Å². The fraction of sp³-hybridized carbons (Fsp3) is 0.600. The van der Waals surface area contributed by atoms with Crippen LogP contribution in [0.5, 0.6) is 0 Å². The van der Waals surface area contributed by atoms with Gasteiger partial charge in [-0.3, -0.25) is 4.21 Å². The fourth-order valence-corrected chi connectivity index (χ4v) is 4.64. The molecule has 1 aromatic carbocycles. The lowest BCUT2D eigenvalue weighted by Gasteiger charge is -2.41. The van der Waals surface area contributed by atoms with Crippen LogP contribution in [0.15, 0.2) is 29.2 Å². The summed E-state index contributed by atoms with van der Waals surface area (Å²) in [6.07, 6.45) is -1.89. The molecule has 1 aliphatic rings. The Kier molecular flexibility index (Phi) is 4.49. The van der Waals surface area contributed by atoms with Crippen LogP contribution >= 0.6 is 0 Å². The molecule has 2 rings (SSSR count). The number of rotatable bonds is 2. The number of nitrogens with two attached hydrogens (primary N) is 1. The first-order valence-electron chi connectivity index (χ1n) is 6.96. The minimum absolute atomic E-state index is 0.139. The van der Waals surface area contributed by atoms with Crippen LogP contribution in [-0.2, 0) is 17.0 Å². The molecule has 0 amide bonds. The Morgan fingerprint density at radius 1 is 1.33 bits per heavy atom. The third kappa shape index (κ3) is 3.48. The van der Waals surface area contributed by atoms with Crippen molar-refractivity contribution in [2.24, 2.45) is 11.1 Å². The van der Waals surface area contributed by atoms with Gasteiger partial charge in [-0.25, -0.2) is 0 Å². The van der Waals surface area contributed by atoms with Crippen molar-refractivity contribution in [3.05, 3.63) is 29.8 Å². The second-order valence-electron chi connectivity index (χ2n) is 6.27. The van der Waals surface area contributed by atoms with Crippen molar-refractivity contribution in [3.8, 4) is 0 Å². The Bertz CT molecular complexity index is 542. The van der Waals surface area contributed by atoms with Gasteiger partial charge in [0.1, 0.15) is 0 Å². The van der Waals surface area contributed by atoms with E-state index in [0.29, 0.717) is 6.42 Å². The van der Waals surface area contributed by atoms with Gasteiger partial charge < -0.3 is 5.73 Å². The average Bonchev–Trinajstić information content (AvgIpc) is 2.40. The first kappa shape index (κ1) is 16.5. The topological polar surface area (TPSA) is 43.1 Å². The molecular weight excluding hydrogens is 299 g/mol. The highest BCUT2D eigenvalue weighted by atomic mass is 32.2. The molecule has 0 bridgehead atoms. The van der Waals surface area contributed by atoms with Crippen LogP contribution in [0.4, 0.5) is 13.2 Å². The maximum absolute atomic E-state index is 12.7. The predicted molar refractivity (Wildman–Crippen MR) is 77.2 cm³/mol. The maximum atomic E-state index is 12.7. The standard InChI is InChI=1S/C15H20F3NOS/c1-14(2)8-4-7-12(13(14)19)21(20)11-6-3-5-10(9-11)15(16,17)18/h3,5-6,9,12-13H,4,7-8,19H2,1-2H3. The smallest absolute Gasteiger partial charge is 0.326 e. The molecule has 0 aliphatic heterocycles. The van der Waals surface area contributed by atoms with Crippen LogP contribution in [0.1, 0.15) is 38.7 Å². The zero-order valence-corrected chi connectivity index (χ0v) is 12.9. The largest absolute Gasteiger partial charge is 0.416 e. The second-order valence-corrected chi connectivity index (χ2v) is 7.94. The minimum atomic E-state index is -4.42. The van der Waals surface area contributed by atoms with E-state index < -0.39 is 22.5 Å². The molecule has 0 radical (unpaired) electrons. The molecule has 118 valence electrons. The van der Waals surface area contributed by atoms with Crippen LogP contribution in [0.2, 0.25) is 0 Å². The number of benzene rings is 1. The zero-order valence-electron chi connectivity index (χ0n) is 12.1. The summed E-state index contributed by atoms with van der Waals surface area (Å²) >= 11 is 0. The lowest BCUT2D eigenvalue weighted by Crippen LogP contribution is -2.51. The number of alkyl halides is 3. The Morgan fingerprint density at radius 2 is 2.00 bits per heavy atom. The molecular formula is C15H20F3NOS. The third-order valence-corrected chi connectivity index (χ3v) is 6.08. The highest BCUT2D eigenvalue weighted by molar-refractivity contribution is 7.85. The van der Waals surface area contributed by atoms with Crippen LogP contribution in [-0.4, -0.2) is 15.5 Å². The molecule has 2 nitrogen and oxygen atoms in total. The van der Waals surface area contributed by atoms with Gasteiger partial charge in [0.25, 0.3) is 0 Å². The maximum Gasteiger partial charge on any atom is 0.416 e. The van der Waals surface area contributed by atoms with Crippen molar-refractivity contribution in [3.63, 3.8) is 0 Å². The molecule has 2 N–H and O–H groups in total. The zero-order chi connectivity index (χ0) is 15.8. The van der Waals surface area contributed by atoms with Crippen LogP contribution in [0, 0.1) is 5.41 Å². The molecule has 3 atom stereocenters. The van der Waals surface area contributed by atoms with Gasteiger partial charge in [-0.15, -0.1) is 0 Å². The van der Waals surface area contributed by atoms with Crippen molar-refractivity contribution in [1.29, 1.82) is 0 Å². The molecule has 3 unspecified atom stereocenters. The van der Waals surface area contributed by atoms with Gasteiger partial charge in [-0.1, -0.05) is 26.3 Å². The lowest BCUT2D eigenvalue weighted by molar-refractivity contribution is -0.137. The summed E-state index contributed by atoms with van der Waals surface area (Å²) in [5, 5.41) is -0.294. The summed E-state index contributed by atoms with van der Waals surface area (Å²) in [6, 6.07) is 4.48. The monoisotopic (exact) mass is 319 g/mol. The summed E-state index contributed by atoms with van der Waals surface area (Å²) in [7, 11) is -1.52. The Morgan fingerprint density at radius 3 is 2.62 bits per heavy atom. The summed E-state index contributed by atoms with van der Waals surface area (Å²) in [4.78, 5) is 0.211. The molecule has 21 heavy (non-hydrogen) atoms. The molecule has 1 aromatic rings. The lowest BCUT2D eigenvalue weighted by atomic mass is 9.73. The van der Waals surface area contributed by atoms with Gasteiger partial charge in [-0.2, -0.15) is 13.2 Å². The Labute approximate surface area is 125 Å². The van der Waals surface area contributed by atoms with Crippen molar-refractivity contribution in [2.45, 2.75) is 55.5 Å². The molecule has 0 heterocycles. The van der Waals surface area contributed by atoms with Gasteiger partial charge in [0.2, 0.25) is 0 Å². The molecule has 1 saturated carbocycles. The summed E-state index contributed by atoms with van der Waals surface area (Å²) < 4.78 is 50.9. The summed E-state index contributed by atoms with van der Waals surface area (Å²) in [6.45, 7) is 4.04. The summed E-state index contributed by atoms with van der Waals surface area (Å²) in [5.41, 5.74) is 5.30. The van der Waals surface area contributed by atoms with E-state index in [0.717, 1.165) is 25.0 Å². The highest BCUT2D eigenvalue weighted by Gasteiger charge is 2.40. The van der Waals surface area contributed by atoms with E-state index in [9.17, 15) is 17.4 Å². The third-order valence-electron chi connectivity index (χ3n) is 4.28. The van der Waals surface area contributed by atoms with Crippen LogP contribution < -0.4 is 5.73 Å². The van der Waals surface area contributed by atoms with E-state index in [1.165, 1.54) is 12.1 Å². The molecule has 1 fully saturated rings. The first-order valence-corrected chi connectivity index (χ1v) is 8.17. The molecule has 6 heteroatoms. The van der Waals surface area contributed by atoms with Crippen molar-refractivity contribution < 1.29 is 17.4 Å². The molecule has 0 saturated heterocycles. The minimum Gasteiger partial charge on any atom is -0.326 e. The van der Waals surface area contributed by atoms with E-state index in [1.54, 1.807) is 0 Å². The quantitative estimate of drug-likeness (QED) is 0.903. The van der Waals surface area contributed by atoms with Crippen LogP contribution in [0.3, 0.4) is 0 Å². The van der Waals surface area contributed by atoms with Crippen molar-refractivity contribution in [1.82, 2.24) is 0 Å². The first-order chi connectivity index (χ1) is 9.63. The van der Waals surface area contributed by atoms with E-state index in [1.807, 2.05) is 13.8 Å². The van der Waals surface area contributed by atoms with Gasteiger partial charge in [0.15, 0.2) is 0 Å². The summed E-state index contributed by atoms with van der Waals surface area (Å²) in [5.74, 6) is 0. The SMILES string of the molecule is CC1(C)CCCC(S(=O)c2cccc(C(F)(F)F)c2)C1N. The highest BCUT2D eigenvalue weighted by Crippen LogP contribution is 2.38. The van der Waals surface area contributed by atoms with Gasteiger partial charge >= 0.3 is 6.18 Å². The fourth-order valence-electron chi connectivity index (χ4n) is 2.82. The molecule has 0 aromatic heterocycles. The molecule has 0 spiro atoms. The number of halogens is 3. The number of hydrogen-bond acceptors (Lipinski definition) is 2. The van der Waals surface area contributed by atoms with Gasteiger partial charge in [-0.05, 0) is 36.5 Å². The van der Waals surface area contributed by atoms with E-state index in [2.05, 4.69) is 0 Å². The van der Waals surface area contributed by atoms with E-state index in [-0.39, 0.29) is 21.6 Å². The van der Waals surface area contributed by atoms with Gasteiger partial charge in [0.05, 0.1) is 21.6 Å².